The summed E-state index contributed by atoms with van der Waals surface area (Å²) < 4.78 is 5.56. The minimum Gasteiger partial charge on any atom is -0.507 e. The first-order valence-corrected chi connectivity index (χ1v) is 5.46. The molecule has 5 nitrogen and oxygen atoms in total. The minimum atomic E-state index is 0.121. The molecule has 0 fully saturated rings. The van der Waals surface area contributed by atoms with E-state index in [1.165, 1.54) is 0 Å². The number of fused-ring (bicyclic) bond motifs is 1. The Morgan fingerprint density at radius 2 is 2.17 bits per heavy atom. The lowest BCUT2D eigenvalue weighted by molar-refractivity contribution is 0.470. The highest BCUT2D eigenvalue weighted by Gasteiger charge is 2.14. The topological polar surface area (TPSA) is 85.2 Å². The third-order valence-corrected chi connectivity index (χ3v) is 2.72. The van der Waals surface area contributed by atoms with Crippen LogP contribution in [0.4, 0.5) is 5.69 Å². The number of benzene rings is 1. The van der Waals surface area contributed by atoms with Crippen molar-refractivity contribution in [3.05, 3.63) is 36.0 Å². The normalized spacial score (nSPS) is 10.9. The van der Waals surface area contributed by atoms with E-state index in [-0.39, 0.29) is 5.75 Å². The van der Waals surface area contributed by atoms with E-state index in [0.29, 0.717) is 33.9 Å². The van der Waals surface area contributed by atoms with E-state index in [1.54, 1.807) is 37.4 Å². The molecule has 0 saturated carbocycles. The van der Waals surface area contributed by atoms with E-state index < -0.39 is 0 Å². The predicted octanol–water partition coefficient (Wildman–Crippen LogP) is 2.49. The third kappa shape index (κ3) is 1.57. The Labute approximate surface area is 103 Å². The Hall–Kier alpha value is -2.56. The average molecular weight is 241 g/mol. The molecule has 3 aromatic rings. The summed E-state index contributed by atoms with van der Waals surface area (Å²) in [4.78, 5) is 8.32. The van der Waals surface area contributed by atoms with Gasteiger partial charge in [0.05, 0.1) is 5.56 Å². The molecule has 0 unspecified atom stereocenters. The summed E-state index contributed by atoms with van der Waals surface area (Å²) in [6.07, 6.45) is 1.64. The molecule has 1 aromatic carbocycles. The van der Waals surface area contributed by atoms with Crippen molar-refractivity contribution >= 4 is 16.9 Å². The largest absolute Gasteiger partial charge is 0.507 e. The van der Waals surface area contributed by atoms with Crippen LogP contribution in [0.1, 0.15) is 5.56 Å². The fraction of sp³-hybridized carbons (Fsp3) is 0.0769. The molecule has 90 valence electrons. The summed E-state index contributed by atoms with van der Waals surface area (Å²) >= 11 is 0. The Bertz CT molecular complexity index is 701. The number of phenols is 1. The van der Waals surface area contributed by atoms with E-state index in [0.717, 1.165) is 0 Å². The number of nitrogens with two attached hydrogens (primary N) is 1. The molecular formula is C13H11N3O2. The van der Waals surface area contributed by atoms with Gasteiger partial charge in [0.1, 0.15) is 5.75 Å². The average Bonchev–Trinajstić information content (AvgIpc) is 2.77. The monoisotopic (exact) mass is 241 g/mol. The predicted molar refractivity (Wildman–Crippen MR) is 68.1 cm³/mol. The maximum absolute atomic E-state index is 10.0. The molecule has 0 aliphatic carbocycles. The van der Waals surface area contributed by atoms with Gasteiger partial charge in [-0.05, 0) is 36.8 Å². The lowest BCUT2D eigenvalue weighted by Gasteiger charge is -2.05. The second-order valence-electron chi connectivity index (χ2n) is 4.08. The number of aryl methyl sites for hydroxylation is 1. The van der Waals surface area contributed by atoms with Gasteiger partial charge < -0.3 is 15.3 Å². The van der Waals surface area contributed by atoms with Gasteiger partial charge in [-0.25, -0.2) is 4.98 Å². The highest BCUT2D eigenvalue weighted by molar-refractivity contribution is 5.76. The van der Waals surface area contributed by atoms with Crippen molar-refractivity contribution in [3.63, 3.8) is 0 Å². The Morgan fingerprint density at radius 3 is 2.94 bits per heavy atom. The van der Waals surface area contributed by atoms with Crippen molar-refractivity contribution < 1.29 is 9.52 Å². The van der Waals surface area contributed by atoms with Crippen LogP contribution >= 0.6 is 0 Å². The minimum absolute atomic E-state index is 0.121. The zero-order chi connectivity index (χ0) is 12.7. The van der Waals surface area contributed by atoms with Crippen LogP contribution in [-0.2, 0) is 0 Å². The number of nitrogen functional groups attached to an aromatic ring is 1. The second kappa shape index (κ2) is 3.73. The number of pyridine rings is 1. The van der Waals surface area contributed by atoms with Gasteiger partial charge in [0.15, 0.2) is 11.2 Å². The number of anilines is 1. The Morgan fingerprint density at radius 1 is 1.33 bits per heavy atom. The molecule has 0 aliphatic rings. The number of rotatable bonds is 1. The standard InChI is InChI=1S/C13H11N3O2/c1-7-5-8(14)6-9(11(7)17)13-16-12-10(18-13)3-2-4-15-12/h2-6,17H,14H2,1H3. The van der Waals surface area contributed by atoms with Crippen LogP contribution < -0.4 is 5.73 Å². The molecule has 0 radical (unpaired) electrons. The van der Waals surface area contributed by atoms with Crippen molar-refractivity contribution in [2.45, 2.75) is 6.92 Å². The Balaban J connectivity index is 2.26. The smallest absolute Gasteiger partial charge is 0.232 e. The number of phenolic OH excluding ortho intramolecular Hbond substituents is 1. The third-order valence-electron chi connectivity index (χ3n) is 2.72. The van der Waals surface area contributed by atoms with Crippen LogP contribution in [0.15, 0.2) is 34.9 Å². The molecule has 18 heavy (non-hydrogen) atoms. The van der Waals surface area contributed by atoms with Gasteiger partial charge in [-0.2, -0.15) is 4.98 Å². The molecule has 0 amide bonds. The van der Waals surface area contributed by atoms with Gasteiger partial charge in [-0.3, -0.25) is 0 Å². The fourth-order valence-corrected chi connectivity index (χ4v) is 1.85. The van der Waals surface area contributed by atoms with Gasteiger partial charge in [0, 0.05) is 11.9 Å². The van der Waals surface area contributed by atoms with Crippen LogP contribution in [-0.4, -0.2) is 15.1 Å². The molecule has 0 spiro atoms. The van der Waals surface area contributed by atoms with Crippen LogP contribution in [0.2, 0.25) is 0 Å². The summed E-state index contributed by atoms with van der Waals surface area (Å²) in [7, 11) is 0. The first-order chi connectivity index (χ1) is 8.65. The van der Waals surface area contributed by atoms with Crippen LogP contribution in [0.25, 0.3) is 22.7 Å². The van der Waals surface area contributed by atoms with E-state index in [9.17, 15) is 5.11 Å². The number of hydrogen-bond acceptors (Lipinski definition) is 5. The second-order valence-corrected chi connectivity index (χ2v) is 4.08. The van der Waals surface area contributed by atoms with E-state index in [4.69, 9.17) is 10.2 Å². The van der Waals surface area contributed by atoms with Gasteiger partial charge in [-0.1, -0.05) is 0 Å². The number of oxazole rings is 1. The van der Waals surface area contributed by atoms with E-state index in [2.05, 4.69) is 9.97 Å². The molecule has 3 N–H and O–H groups in total. The molecule has 2 heterocycles. The highest BCUT2D eigenvalue weighted by Crippen LogP contribution is 2.34. The maximum atomic E-state index is 10.0. The quantitative estimate of drug-likeness (QED) is 0.505. The molecule has 0 atom stereocenters. The summed E-state index contributed by atoms with van der Waals surface area (Å²) in [6, 6.07) is 6.86. The van der Waals surface area contributed by atoms with Gasteiger partial charge in [0.25, 0.3) is 0 Å². The SMILES string of the molecule is Cc1cc(N)cc(-c2nc3ncccc3o2)c1O. The van der Waals surface area contributed by atoms with Crippen LogP contribution in [0, 0.1) is 6.92 Å². The van der Waals surface area contributed by atoms with Gasteiger partial charge in [-0.15, -0.1) is 0 Å². The lowest BCUT2D eigenvalue weighted by Crippen LogP contribution is -1.89. The molecule has 0 aliphatic heterocycles. The lowest BCUT2D eigenvalue weighted by atomic mass is 10.1. The Kier molecular flexibility index (Phi) is 2.19. The van der Waals surface area contributed by atoms with Crippen molar-refractivity contribution in [1.82, 2.24) is 9.97 Å². The van der Waals surface area contributed by atoms with Crippen molar-refractivity contribution in [2.75, 3.05) is 5.73 Å². The fourth-order valence-electron chi connectivity index (χ4n) is 1.85. The van der Waals surface area contributed by atoms with Crippen LogP contribution in [0.3, 0.4) is 0 Å². The number of aromatic nitrogens is 2. The molecule has 2 aromatic heterocycles. The van der Waals surface area contributed by atoms with Crippen molar-refractivity contribution in [3.8, 4) is 17.2 Å². The van der Waals surface area contributed by atoms with E-state index in [1.807, 2.05) is 0 Å². The summed E-state index contributed by atoms with van der Waals surface area (Å²) in [5.74, 6) is 0.437. The highest BCUT2D eigenvalue weighted by atomic mass is 16.4. The maximum Gasteiger partial charge on any atom is 0.232 e. The summed E-state index contributed by atoms with van der Waals surface area (Å²) in [5, 5.41) is 10.0. The van der Waals surface area contributed by atoms with Crippen LogP contribution in [0.5, 0.6) is 5.75 Å². The van der Waals surface area contributed by atoms with Crippen molar-refractivity contribution in [1.29, 1.82) is 0 Å². The number of hydrogen-bond donors (Lipinski definition) is 2. The molecule has 0 bridgehead atoms. The number of aromatic hydroxyl groups is 1. The van der Waals surface area contributed by atoms with Gasteiger partial charge >= 0.3 is 0 Å². The summed E-state index contributed by atoms with van der Waals surface area (Å²) in [5.41, 5.74) is 8.56. The van der Waals surface area contributed by atoms with E-state index >= 15 is 0 Å². The summed E-state index contributed by atoms with van der Waals surface area (Å²) in [6.45, 7) is 1.77. The number of nitrogens with zero attached hydrogens (tertiary/aromatic N) is 2. The molecule has 0 saturated heterocycles. The molecular weight excluding hydrogens is 230 g/mol. The first kappa shape index (κ1) is 10.6. The van der Waals surface area contributed by atoms with Gasteiger partial charge in [0.2, 0.25) is 5.89 Å². The van der Waals surface area contributed by atoms with Crippen molar-refractivity contribution in [2.24, 2.45) is 0 Å². The zero-order valence-corrected chi connectivity index (χ0v) is 9.71. The first-order valence-electron chi connectivity index (χ1n) is 5.46. The zero-order valence-electron chi connectivity index (χ0n) is 9.71. The molecule has 5 heteroatoms. The molecule has 3 rings (SSSR count).